The number of hydrogen-bond donors (Lipinski definition) is 0. The highest BCUT2D eigenvalue weighted by atomic mass is 35.5. The highest BCUT2D eigenvalue weighted by Crippen LogP contribution is 2.35. The Morgan fingerprint density at radius 2 is 2.10 bits per heavy atom. The van der Waals surface area contributed by atoms with Gasteiger partial charge in [0.25, 0.3) is 0 Å². The van der Waals surface area contributed by atoms with Gasteiger partial charge in [-0.1, -0.05) is 23.7 Å². The number of esters is 1. The standard InChI is InChI=1S/C22H13ClN2O3S2/c1-27-21(26)16-10-13(6-8-17(16)23)19-9-7-14(28-19)11-15(12-24)29-22-25-18-4-2-3-5-20(18)30-22/h2-11H,1H3. The Bertz CT molecular complexity index is 1280. The SMILES string of the molecule is COC(=O)c1cc(-c2ccc(C=C(C#N)Sc3nc4ccccc4s3)o2)ccc1Cl. The molecule has 2 heterocycles. The molecule has 0 atom stereocenters. The van der Waals surface area contributed by atoms with Gasteiger partial charge in [0.05, 0.1) is 32.8 Å². The average molecular weight is 453 g/mol. The molecule has 0 unspecified atom stereocenters. The second kappa shape index (κ2) is 8.76. The molecule has 5 nitrogen and oxygen atoms in total. The monoisotopic (exact) mass is 452 g/mol. The van der Waals surface area contributed by atoms with Gasteiger partial charge in [-0.15, -0.1) is 11.3 Å². The minimum Gasteiger partial charge on any atom is -0.465 e. The van der Waals surface area contributed by atoms with Crippen molar-refractivity contribution in [3.05, 3.63) is 75.8 Å². The number of hydrogen-bond acceptors (Lipinski definition) is 7. The first-order valence-corrected chi connectivity index (χ1v) is 10.7. The lowest BCUT2D eigenvalue weighted by molar-refractivity contribution is 0.0601. The number of nitriles is 1. The van der Waals surface area contributed by atoms with E-state index in [1.807, 2.05) is 24.3 Å². The zero-order chi connectivity index (χ0) is 21.1. The van der Waals surface area contributed by atoms with Crippen LogP contribution >= 0.6 is 34.7 Å². The lowest BCUT2D eigenvalue weighted by Crippen LogP contribution is -2.02. The number of carbonyl (C=O) groups is 1. The van der Waals surface area contributed by atoms with Gasteiger partial charge in [0.2, 0.25) is 0 Å². The van der Waals surface area contributed by atoms with Crippen LogP contribution < -0.4 is 0 Å². The average Bonchev–Trinajstić information content (AvgIpc) is 3.39. The molecule has 0 bridgehead atoms. The summed E-state index contributed by atoms with van der Waals surface area (Å²) >= 11 is 8.90. The van der Waals surface area contributed by atoms with Gasteiger partial charge in [-0.05, 0) is 54.2 Å². The molecule has 30 heavy (non-hydrogen) atoms. The van der Waals surface area contributed by atoms with E-state index in [-0.39, 0.29) is 5.56 Å². The number of carbonyl (C=O) groups excluding carboxylic acids is 1. The van der Waals surface area contributed by atoms with Crippen LogP contribution in [-0.4, -0.2) is 18.1 Å². The number of thioether (sulfide) groups is 1. The smallest absolute Gasteiger partial charge is 0.339 e. The molecule has 0 saturated carbocycles. The summed E-state index contributed by atoms with van der Waals surface area (Å²) in [5.74, 6) is 0.544. The summed E-state index contributed by atoms with van der Waals surface area (Å²) < 4.78 is 12.5. The van der Waals surface area contributed by atoms with Gasteiger partial charge in [0, 0.05) is 11.6 Å². The number of ether oxygens (including phenoxy) is 1. The van der Waals surface area contributed by atoms with Crippen LogP contribution in [0.3, 0.4) is 0 Å². The topological polar surface area (TPSA) is 76.1 Å². The van der Waals surface area contributed by atoms with Crippen molar-refractivity contribution in [2.45, 2.75) is 4.34 Å². The van der Waals surface area contributed by atoms with Crippen LogP contribution in [0.4, 0.5) is 0 Å². The Morgan fingerprint density at radius 1 is 1.27 bits per heavy atom. The molecular weight excluding hydrogens is 440 g/mol. The summed E-state index contributed by atoms with van der Waals surface area (Å²) in [6.45, 7) is 0. The first-order valence-electron chi connectivity index (χ1n) is 8.70. The fraction of sp³-hybridized carbons (Fsp3) is 0.0455. The number of thiazole rings is 1. The molecule has 0 amide bonds. The zero-order valence-corrected chi connectivity index (χ0v) is 18.0. The second-order valence-electron chi connectivity index (χ2n) is 6.06. The third kappa shape index (κ3) is 4.26. The number of para-hydroxylation sites is 1. The molecule has 0 saturated heterocycles. The first kappa shape index (κ1) is 20.2. The summed E-state index contributed by atoms with van der Waals surface area (Å²) in [6.07, 6.45) is 1.66. The minimum absolute atomic E-state index is 0.259. The summed E-state index contributed by atoms with van der Waals surface area (Å²) in [7, 11) is 1.30. The Balaban J connectivity index is 1.59. The van der Waals surface area contributed by atoms with Crippen LogP contribution in [-0.2, 0) is 4.74 Å². The largest absolute Gasteiger partial charge is 0.465 e. The van der Waals surface area contributed by atoms with Gasteiger partial charge >= 0.3 is 5.97 Å². The first-order chi connectivity index (χ1) is 14.6. The number of benzene rings is 2. The molecular formula is C22H13ClN2O3S2. The van der Waals surface area contributed by atoms with Gasteiger partial charge in [0.15, 0.2) is 4.34 Å². The van der Waals surface area contributed by atoms with Gasteiger partial charge in [-0.25, -0.2) is 9.78 Å². The number of fused-ring (bicyclic) bond motifs is 1. The van der Waals surface area contributed by atoms with Crippen LogP contribution in [0.2, 0.25) is 5.02 Å². The summed E-state index contributed by atoms with van der Waals surface area (Å²) in [5, 5.41) is 9.83. The van der Waals surface area contributed by atoms with Gasteiger partial charge in [-0.2, -0.15) is 5.26 Å². The highest BCUT2D eigenvalue weighted by molar-refractivity contribution is 8.05. The maximum atomic E-state index is 11.9. The predicted octanol–water partition coefficient (Wildman–Crippen LogP) is 6.65. The number of rotatable bonds is 5. The van der Waals surface area contributed by atoms with Gasteiger partial charge in [-0.3, -0.25) is 0 Å². The van der Waals surface area contributed by atoms with Crippen molar-refractivity contribution in [1.82, 2.24) is 4.98 Å². The molecule has 2 aromatic carbocycles. The Hall–Kier alpha value is -3.05. The zero-order valence-electron chi connectivity index (χ0n) is 15.6. The molecule has 0 spiro atoms. The third-order valence-electron chi connectivity index (χ3n) is 4.14. The Labute approximate surface area is 185 Å². The summed E-state index contributed by atoms with van der Waals surface area (Å²) in [6, 6.07) is 18.5. The fourth-order valence-corrected chi connectivity index (χ4v) is 4.88. The quantitative estimate of drug-likeness (QED) is 0.191. The fourth-order valence-electron chi connectivity index (χ4n) is 2.73. The Morgan fingerprint density at radius 3 is 2.87 bits per heavy atom. The van der Waals surface area contributed by atoms with Crippen molar-refractivity contribution >= 4 is 57.0 Å². The third-order valence-corrected chi connectivity index (χ3v) is 6.49. The van der Waals surface area contributed by atoms with E-state index in [1.54, 1.807) is 36.4 Å². The van der Waals surface area contributed by atoms with Crippen molar-refractivity contribution in [1.29, 1.82) is 5.26 Å². The molecule has 0 aliphatic heterocycles. The molecule has 0 aliphatic rings. The summed E-state index contributed by atoms with van der Waals surface area (Å²) in [5.41, 5.74) is 1.85. The normalized spacial score (nSPS) is 11.4. The number of allylic oxidation sites excluding steroid dienone is 1. The van der Waals surface area contributed by atoms with E-state index in [4.69, 9.17) is 20.8 Å². The van der Waals surface area contributed by atoms with Crippen molar-refractivity contribution in [2.75, 3.05) is 7.11 Å². The molecule has 4 rings (SSSR count). The van der Waals surface area contributed by atoms with E-state index in [0.29, 0.717) is 27.0 Å². The molecule has 148 valence electrons. The number of aromatic nitrogens is 1. The number of nitrogens with zero attached hydrogens (tertiary/aromatic N) is 2. The van der Waals surface area contributed by atoms with E-state index in [9.17, 15) is 10.1 Å². The molecule has 0 radical (unpaired) electrons. The van der Waals surface area contributed by atoms with E-state index in [0.717, 1.165) is 14.6 Å². The lowest BCUT2D eigenvalue weighted by Gasteiger charge is -2.04. The maximum absolute atomic E-state index is 11.9. The van der Waals surface area contributed by atoms with Crippen LogP contribution in [0.15, 0.2) is 68.3 Å². The van der Waals surface area contributed by atoms with Crippen molar-refractivity contribution in [3.63, 3.8) is 0 Å². The lowest BCUT2D eigenvalue weighted by atomic mass is 10.1. The van der Waals surface area contributed by atoms with E-state index >= 15 is 0 Å². The van der Waals surface area contributed by atoms with Crippen molar-refractivity contribution in [2.24, 2.45) is 0 Å². The predicted molar refractivity (Wildman–Crippen MR) is 120 cm³/mol. The molecule has 0 fully saturated rings. The van der Waals surface area contributed by atoms with E-state index in [1.165, 1.54) is 30.2 Å². The van der Waals surface area contributed by atoms with E-state index < -0.39 is 5.97 Å². The van der Waals surface area contributed by atoms with Crippen LogP contribution in [0.5, 0.6) is 0 Å². The molecule has 0 aliphatic carbocycles. The number of methoxy groups -OCH3 is 1. The maximum Gasteiger partial charge on any atom is 0.339 e. The molecule has 4 aromatic rings. The number of furan rings is 1. The minimum atomic E-state index is -0.521. The number of halogens is 1. The van der Waals surface area contributed by atoms with E-state index in [2.05, 4.69) is 11.1 Å². The van der Waals surface area contributed by atoms with Crippen LogP contribution in [0.25, 0.3) is 27.6 Å². The van der Waals surface area contributed by atoms with Crippen molar-refractivity contribution < 1.29 is 13.9 Å². The van der Waals surface area contributed by atoms with Gasteiger partial charge in [0.1, 0.15) is 17.6 Å². The summed E-state index contributed by atoms with van der Waals surface area (Å²) in [4.78, 5) is 16.9. The molecule has 2 aromatic heterocycles. The Kier molecular flexibility index (Phi) is 5.91. The van der Waals surface area contributed by atoms with Crippen molar-refractivity contribution in [3.8, 4) is 17.4 Å². The highest BCUT2D eigenvalue weighted by Gasteiger charge is 2.14. The second-order valence-corrected chi connectivity index (χ2v) is 8.79. The van der Waals surface area contributed by atoms with Crippen LogP contribution in [0, 0.1) is 11.3 Å². The van der Waals surface area contributed by atoms with Crippen LogP contribution in [0.1, 0.15) is 16.1 Å². The molecule has 0 N–H and O–H groups in total. The molecule has 8 heteroatoms. The van der Waals surface area contributed by atoms with Gasteiger partial charge < -0.3 is 9.15 Å².